The molecule has 6 heteroatoms. The van der Waals surface area contributed by atoms with Gasteiger partial charge in [0, 0.05) is 12.6 Å². The van der Waals surface area contributed by atoms with E-state index in [1.54, 1.807) is 23.0 Å². The molecular weight excluding hydrogens is 321 g/mol. The van der Waals surface area contributed by atoms with E-state index in [-0.39, 0.29) is 30.3 Å². The SMILES string of the molecule is CC(C)c1c(C(=O)NC(CCO)C2CC2)cnn1-c1ccc(F)cc1. The molecule has 3 rings (SSSR count). The van der Waals surface area contributed by atoms with Crippen molar-refractivity contribution in [3.63, 3.8) is 0 Å². The van der Waals surface area contributed by atoms with Crippen LogP contribution in [0, 0.1) is 11.7 Å². The molecule has 1 aliphatic carbocycles. The number of amides is 1. The summed E-state index contributed by atoms with van der Waals surface area (Å²) in [6.45, 7) is 4.06. The van der Waals surface area contributed by atoms with Crippen molar-refractivity contribution in [3.05, 3.63) is 47.5 Å². The van der Waals surface area contributed by atoms with Gasteiger partial charge in [-0.05, 0) is 55.4 Å². The highest BCUT2D eigenvalue weighted by molar-refractivity contribution is 5.95. The molecule has 134 valence electrons. The van der Waals surface area contributed by atoms with Crippen LogP contribution in [0.5, 0.6) is 0 Å². The van der Waals surface area contributed by atoms with Crippen molar-refractivity contribution in [2.24, 2.45) is 5.92 Å². The maximum atomic E-state index is 13.2. The summed E-state index contributed by atoms with van der Waals surface area (Å²) in [6, 6.07) is 6.06. The number of hydrogen-bond donors (Lipinski definition) is 2. The Morgan fingerprint density at radius 3 is 2.60 bits per heavy atom. The number of carbonyl (C=O) groups excluding carboxylic acids is 1. The molecule has 1 atom stereocenters. The Labute approximate surface area is 146 Å². The number of aliphatic hydroxyl groups is 1. The Bertz CT molecular complexity index is 736. The number of rotatable bonds is 7. The second kappa shape index (κ2) is 7.35. The van der Waals surface area contributed by atoms with Gasteiger partial charge in [-0.3, -0.25) is 4.79 Å². The highest BCUT2D eigenvalue weighted by Gasteiger charge is 2.33. The zero-order valence-corrected chi connectivity index (χ0v) is 14.6. The maximum absolute atomic E-state index is 13.2. The van der Waals surface area contributed by atoms with Crippen LogP contribution in [0.3, 0.4) is 0 Å². The van der Waals surface area contributed by atoms with Crippen LogP contribution < -0.4 is 5.32 Å². The van der Waals surface area contributed by atoms with Gasteiger partial charge in [-0.2, -0.15) is 5.10 Å². The molecule has 0 bridgehead atoms. The minimum atomic E-state index is -0.309. The number of aromatic nitrogens is 2. The quantitative estimate of drug-likeness (QED) is 0.810. The van der Waals surface area contributed by atoms with Crippen molar-refractivity contribution in [3.8, 4) is 5.69 Å². The third-order valence-electron chi connectivity index (χ3n) is 4.62. The first-order chi connectivity index (χ1) is 12.0. The molecule has 1 aliphatic rings. The number of nitrogens with one attached hydrogen (secondary N) is 1. The lowest BCUT2D eigenvalue weighted by Gasteiger charge is -2.18. The minimum Gasteiger partial charge on any atom is -0.396 e. The molecule has 1 saturated carbocycles. The standard InChI is InChI=1S/C19H24FN3O2/c1-12(2)18-16(19(25)22-17(9-10-24)13-3-4-13)11-21-23(18)15-7-5-14(20)6-8-15/h5-8,11-13,17,24H,3-4,9-10H2,1-2H3,(H,22,25). The summed E-state index contributed by atoms with van der Waals surface area (Å²) < 4.78 is 14.9. The average Bonchev–Trinajstić information content (AvgIpc) is 3.33. The van der Waals surface area contributed by atoms with E-state index in [1.165, 1.54) is 12.1 Å². The molecule has 1 aromatic carbocycles. The molecule has 25 heavy (non-hydrogen) atoms. The van der Waals surface area contributed by atoms with Gasteiger partial charge in [-0.15, -0.1) is 0 Å². The van der Waals surface area contributed by atoms with Gasteiger partial charge < -0.3 is 10.4 Å². The minimum absolute atomic E-state index is 0.00619. The highest BCUT2D eigenvalue weighted by Crippen LogP contribution is 2.34. The third-order valence-corrected chi connectivity index (χ3v) is 4.62. The first-order valence-electron chi connectivity index (χ1n) is 8.76. The van der Waals surface area contributed by atoms with Gasteiger partial charge in [-0.25, -0.2) is 9.07 Å². The Hall–Kier alpha value is -2.21. The Morgan fingerprint density at radius 1 is 1.36 bits per heavy atom. The Kier molecular flexibility index (Phi) is 5.18. The zero-order chi connectivity index (χ0) is 18.0. The van der Waals surface area contributed by atoms with Crippen molar-refractivity contribution in [2.45, 2.75) is 45.1 Å². The molecule has 1 amide bonds. The van der Waals surface area contributed by atoms with Crippen molar-refractivity contribution < 1.29 is 14.3 Å². The monoisotopic (exact) mass is 345 g/mol. The molecule has 0 radical (unpaired) electrons. The van der Waals surface area contributed by atoms with E-state index in [0.29, 0.717) is 17.9 Å². The largest absolute Gasteiger partial charge is 0.396 e. The molecular formula is C19H24FN3O2. The summed E-state index contributed by atoms with van der Waals surface area (Å²) in [6.07, 6.45) is 4.32. The molecule has 1 aromatic heterocycles. The van der Waals surface area contributed by atoms with E-state index in [9.17, 15) is 14.3 Å². The fraction of sp³-hybridized carbons (Fsp3) is 0.474. The lowest BCUT2D eigenvalue weighted by atomic mass is 10.0. The summed E-state index contributed by atoms with van der Waals surface area (Å²) in [5, 5.41) is 16.6. The van der Waals surface area contributed by atoms with Crippen LogP contribution in [0.4, 0.5) is 4.39 Å². The fourth-order valence-corrected chi connectivity index (χ4v) is 3.19. The van der Waals surface area contributed by atoms with Crippen LogP contribution in [0.15, 0.2) is 30.5 Å². The summed E-state index contributed by atoms with van der Waals surface area (Å²) >= 11 is 0. The fourth-order valence-electron chi connectivity index (χ4n) is 3.19. The first-order valence-corrected chi connectivity index (χ1v) is 8.76. The number of aliphatic hydroxyl groups excluding tert-OH is 1. The zero-order valence-electron chi connectivity index (χ0n) is 14.6. The lowest BCUT2D eigenvalue weighted by molar-refractivity contribution is 0.0923. The van der Waals surface area contributed by atoms with Crippen molar-refractivity contribution in [1.82, 2.24) is 15.1 Å². The molecule has 2 N–H and O–H groups in total. The summed E-state index contributed by atoms with van der Waals surface area (Å²) in [7, 11) is 0. The molecule has 1 fully saturated rings. The summed E-state index contributed by atoms with van der Waals surface area (Å²) in [5.41, 5.74) is 2.05. The van der Waals surface area contributed by atoms with Gasteiger partial charge in [0.05, 0.1) is 23.1 Å². The van der Waals surface area contributed by atoms with Crippen molar-refractivity contribution in [2.75, 3.05) is 6.61 Å². The second-order valence-corrected chi connectivity index (χ2v) is 6.92. The number of halogens is 1. The van der Waals surface area contributed by atoms with Crippen LogP contribution in [0.25, 0.3) is 5.69 Å². The lowest BCUT2D eigenvalue weighted by Crippen LogP contribution is -2.37. The smallest absolute Gasteiger partial charge is 0.255 e. The average molecular weight is 345 g/mol. The third kappa shape index (κ3) is 3.90. The van der Waals surface area contributed by atoms with Gasteiger partial charge in [0.25, 0.3) is 5.91 Å². The van der Waals surface area contributed by atoms with Crippen LogP contribution in [0.2, 0.25) is 0 Å². The van der Waals surface area contributed by atoms with Gasteiger partial charge in [0.1, 0.15) is 5.82 Å². The highest BCUT2D eigenvalue weighted by atomic mass is 19.1. The van der Waals surface area contributed by atoms with Crippen molar-refractivity contribution in [1.29, 1.82) is 0 Å². The Morgan fingerprint density at radius 2 is 2.04 bits per heavy atom. The molecule has 0 saturated heterocycles. The van der Waals surface area contributed by atoms with Crippen LogP contribution in [0.1, 0.15) is 55.1 Å². The Balaban J connectivity index is 1.88. The summed E-state index contributed by atoms with van der Waals surface area (Å²) in [4.78, 5) is 12.8. The van der Waals surface area contributed by atoms with E-state index in [4.69, 9.17) is 0 Å². The van der Waals surface area contributed by atoms with E-state index in [0.717, 1.165) is 24.2 Å². The normalized spacial score (nSPS) is 15.4. The van der Waals surface area contributed by atoms with Gasteiger partial charge in [0.15, 0.2) is 0 Å². The predicted molar refractivity (Wildman–Crippen MR) is 93.3 cm³/mol. The van der Waals surface area contributed by atoms with Gasteiger partial charge in [0.2, 0.25) is 0 Å². The second-order valence-electron chi connectivity index (χ2n) is 6.92. The van der Waals surface area contributed by atoms with E-state index in [2.05, 4.69) is 10.4 Å². The van der Waals surface area contributed by atoms with Gasteiger partial charge >= 0.3 is 0 Å². The number of nitrogens with zero attached hydrogens (tertiary/aromatic N) is 2. The van der Waals surface area contributed by atoms with Gasteiger partial charge in [-0.1, -0.05) is 13.8 Å². The maximum Gasteiger partial charge on any atom is 0.255 e. The first kappa shape index (κ1) is 17.6. The molecule has 2 aromatic rings. The van der Waals surface area contributed by atoms with Crippen molar-refractivity contribution >= 4 is 5.91 Å². The van der Waals surface area contributed by atoms with Crippen LogP contribution in [-0.4, -0.2) is 33.4 Å². The molecule has 1 unspecified atom stereocenters. The summed E-state index contributed by atoms with van der Waals surface area (Å²) in [5.74, 6) is 0.0647. The van der Waals surface area contributed by atoms with E-state index in [1.807, 2.05) is 13.8 Å². The molecule has 1 heterocycles. The number of hydrogen-bond acceptors (Lipinski definition) is 3. The molecule has 0 aliphatic heterocycles. The predicted octanol–water partition coefficient (Wildman–Crippen LogP) is 3.03. The van der Waals surface area contributed by atoms with E-state index < -0.39 is 0 Å². The number of carbonyl (C=O) groups is 1. The topological polar surface area (TPSA) is 67.2 Å². The number of benzene rings is 1. The van der Waals surface area contributed by atoms with E-state index >= 15 is 0 Å². The van der Waals surface area contributed by atoms with Crippen LogP contribution >= 0.6 is 0 Å². The molecule has 5 nitrogen and oxygen atoms in total. The van der Waals surface area contributed by atoms with Crippen LogP contribution in [-0.2, 0) is 0 Å². The molecule has 0 spiro atoms.